The topological polar surface area (TPSA) is 65.1 Å². The van der Waals surface area contributed by atoms with Crippen LogP contribution in [0.3, 0.4) is 0 Å². The van der Waals surface area contributed by atoms with Crippen LogP contribution in [0, 0.1) is 0 Å². The van der Waals surface area contributed by atoms with Gasteiger partial charge >= 0.3 is 12.2 Å². The molecule has 1 aromatic carbocycles. The molecule has 1 aliphatic carbocycles. The maximum atomic E-state index is 12.5. The molecule has 1 aliphatic heterocycles. The predicted octanol–water partition coefficient (Wildman–Crippen LogP) is 3.86. The summed E-state index contributed by atoms with van der Waals surface area (Å²) in [6, 6.07) is 7.77. The number of allylic oxidation sites excluding steroid dienone is 1. The number of ether oxygens (including phenoxy) is 3. The first-order valence-electron chi connectivity index (χ1n) is 8.27. The molecule has 6 nitrogen and oxygen atoms in total. The quantitative estimate of drug-likeness (QED) is 0.762. The van der Waals surface area contributed by atoms with Crippen molar-refractivity contribution in [2.45, 2.75) is 44.2 Å². The zero-order valence-corrected chi connectivity index (χ0v) is 14.9. The van der Waals surface area contributed by atoms with Gasteiger partial charge in [-0.3, -0.25) is 0 Å². The monoisotopic (exact) mass is 345 g/mol. The van der Waals surface area contributed by atoms with Crippen LogP contribution in [-0.4, -0.2) is 41.9 Å². The first-order chi connectivity index (χ1) is 11.7. The third kappa shape index (κ3) is 3.34. The van der Waals surface area contributed by atoms with E-state index in [9.17, 15) is 9.59 Å². The van der Waals surface area contributed by atoms with Gasteiger partial charge in [0.1, 0.15) is 23.5 Å². The molecule has 25 heavy (non-hydrogen) atoms. The van der Waals surface area contributed by atoms with E-state index in [4.69, 9.17) is 14.2 Å². The van der Waals surface area contributed by atoms with Crippen LogP contribution in [0.15, 0.2) is 36.4 Å². The molecule has 0 N–H and O–H groups in total. The number of carbonyl (C=O) groups is 2. The molecule has 2 amide bonds. The Hall–Kier alpha value is -2.50. The van der Waals surface area contributed by atoms with E-state index in [2.05, 4.69) is 0 Å². The molecule has 1 fully saturated rings. The van der Waals surface area contributed by atoms with E-state index in [-0.39, 0.29) is 12.5 Å². The van der Waals surface area contributed by atoms with E-state index in [0.29, 0.717) is 6.42 Å². The second-order valence-corrected chi connectivity index (χ2v) is 7.42. The highest BCUT2D eigenvalue weighted by atomic mass is 16.6. The molecule has 0 unspecified atom stereocenters. The van der Waals surface area contributed by atoms with Gasteiger partial charge in [0, 0.05) is 5.92 Å². The van der Waals surface area contributed by atoms with Gasteiger partial charge in [0.05, 0.1) is 7.11 Å². The highest BCUT2D eigenvalue weighted by Crippen LogP contribution is 2.42. The lowest BCUT2D eigenvalue weighted by Gasteiger charge is -2.31. The highest BCUT2D eigenvalue weighted by molar-refractivity contribution is 5.91. The zero-order valence-electron chi connectivity index (χ0n) is 14.9. The number of benzene rings is 1. The zero-order chi connectivity index (χ0) is 18.2. The summed E-state index contributed by atoms with van der Waals surface area (Å²) in [5.74, 6) is 0.876. The Labute approximate surface area is 147 Å². The van der Waals surface area contributed by atoms with Crippen molar-refractivity contribution in [1.29, 1.82) is 0 Å². The number of hydrogen-bond acceptors (Lipinski definition) is 5. The van der Waals surface area contributed by atoms with E-state index < -0.39 is 23.3 Å². The molecular formula is C19H23NO5. The fourth-order valence-corrected chi connectivity index (χ4v) is 3.23. The summed E-state index contributed by atoms with van der Waals surface area (Å²) >= 11 is 0. The van der Waals surface area contributed by atoms with Gasteiger partial charge in [-0.05, 0) is 44.9 Å². The van der Waals surface area contributed by atoms with Crippen molar-refractivity contribution in [1.82, 2.24) is 4.90 Å². The van der Waals surface area contributed by atoms with Gasteiger partial charge in [-0.2, -0.15) is 4.90 Å². The lowest BCUT2D eigenvalue weighted by atomic mass is 9.91. The number of nitrogens with zero attached hydrogens (tertiary/aromatic N) is 1. The maximum absolute atomic E-state index is 12.5. The molecule has 0 radical (unpaired) electrons. The minimum absolute atomic E-state index is 0.0883. The minimum Gasteiger partial charge on any atom is -0.497 e. The first kappa shape index (κ1) is 17.3. The first-order valence-corrected chi connectivity index (χ1v) is 8.27. The van der Waals surface area contributed by atoms with Crippen LogP contribution < -0.4 is 4.74 Å². The summed E-state index contributed by atoms with van der Waals surface area (Å²) in [5.41, 5.74) is -0.375. The number of imide groups is 1. The van der Waals surface area contributed by atoms with E-state index in [1.807, 2.05) is 36.4 Å². The number of hydrogen-bond donors (Lipinski definition) is 0. The second kappa shape index (κ2) is 6.10. The van der Waals surface area contributed by atoms with Gasteiger partial charge in [0.2, 0.25) is 0 Å². The molecule has 3 rings (SSSR count). The van der Waals surface area contributed by atoms with Crippen LogP contribution in [0.25, 0.3) is 0 Å². The Morgan fingerprint density at radius 1 is 1.28 bits per heavy atom. The molecule has 1 saturated heterocycles. The molecule has 0 saturated carbocycles. The van der Waals surface area contributed by atoms with Crippen LogP contribution in [0.1, 0.15) is 38.7 Å². The Kier molecular flexibility index (Phi) is 4.22. The van der Waals surface area contributed by atoms with Crippen molar-refractivity contribution in [3.63, 3.8) is 0 Å². The van der Waals surface area contributed by atoms with Crippen molar-refractivity contribution in [2.24, 2.45) is 0 Å². The highest BCUT2D eigenvalue weighted by Gasteiger charge is 2.53. The second-order valence-electron chi connectivity index (χ2n) is 7.42. The van der Waals surface area contributed by atoms with Crippen LogP contribution >= 0.6 is 0 Å². The van der Waals surface area contributed by atoms with Crippen LogP contribution in [0.2, 0.25) is 0 Å². The molecule has 0 aromatic heterocycles. The SMILES string of the molecule is COc1ccc([C@H]2C=C[C@@]3(COC(=O)N3C(=O)OC(C)(C)C)C2)cc1. The lowest BCUT2D eigenvalue weighted by molar-refractivity contribution is 0.0233. The number of cyclic esters (lactones) is 1. The van der Waals surface area contributed by atoms with Crippen molar-refractivity contribution in [3.05, 3.63) is 42.0 Å². The predicted molar refractivity (Wildman–Crippen MR) is 91.6 cm³/mol. The Morgan fingerprint density at radius 2 is 1.96 bits per heavy atom. The number of methoxy groups -OCH3 is 1. The molecule has 134 valence electrons. The van der Waals surface area contributed by atoms with Gasteiger partial charge < -0.3 is 14.2 Å². The molecule has 1 aromatic rings. The van der Waals surface area contributed by atoms with Crippen LogP contribution in [0.4, 0.5) is 9.59 Å². The average molecular weight is 345 g/mol. The molecule has 2 atom stereocenters. The minimum atomic E-state index is -0.788. The third-order valence-electron chi connectivity index (χ3n) is 4.41. The summed E-state index contributed by atoms with van der Waals surface area (Å²) in [6.07, 6.45) is 3.15. The Bertz CT molecular complexity index is 704. The van der Waals surface area contributed by atoms with Crippen molar-refractivity contribution < 1.29 is 23.8 Å². The third-order valence-corrected chi connectivity index (χ3v) is 4.41. The van der Waals surface area contributed by atoms with Crippen molar-refractivity contribution in [3.8, 4) is 5.75 Å². The largest absolute Gasteiger partial charge is 0.497 e. The molecule has 2 aliphatic rings. The van der Waals surface area contributed by atoms with Crippen molar-refractivity contribution in [2.75, 3.05) is 13.7 Å². The summed E-state index contributed by atoms with van der Waals surface area (Å²) in [7, 11) is 1.62. The van der Waals surface area contributed by atoms with E-state index in [1.54, 1.807) is 27.9 Å². The smallest absolute Gasteiger partial charge is 0.420 e. The molecule has 6 heteroatoms. The van der Waals surface area contributed by atoms with Crippen LogP contribution in [-0.2, 0) is 9.47 Å². The van der Waals surface area contributed by atoms with Gasteiger partial charge in [-0.1, -0.05) is 24.3 Å². The number of rotatable bonds is 2. The summed E-state index contributed by atoms with van der Waals surface area (Å²) in [6.45, 7) is 5.45. The van der Waals surface area contributed by atoms with E-state index in [0.717, 1.165) is 16.2 Å². The van der Waals surface area contributed by atoms with Gasteiger partial charge in [0.15, 0.2) is 0 Å². The number of carbonyl (C=O) groups excluding carboxylic acids is 2. The van der Waals surface area contributed by atoms with Crippen LogP contribution in [0.5, 0.6) is 5.75 Å². The lowest BCUT2D eigenvalue weighted by Crippen LogP contribution is -2.50. The van der Waals surface area contributed by atoms with Gasteiger partial charge in [-0.25, -0.2) is 9.59 Å². The standard InChI is InChI=1S/C19H23NO5/c1-18(2,3)25-17(22)20-16(21)24-12-19(20)10-9-14(11-19)13-5-7-15(23-4)8-6-13/h5-10,14H,11-12H2,1-4H3/t14-,19-/m0/s1. The Morgan fingerprint density at radius 3 is 2.56 bits per heavy atom. The fourth-order valence-electron chi connectivity index (χ4n) is 3.23. The molecule has 0 bridgehead atoms. The Balaban J connectivity index is 1.80. The van der Waals surface area contributed by atoms with Gasteiger partial charge in [0.25, 0.3) is 0 Å². The molecule has 1 heterocycles. The summed E-state index contributed by atoms with van der Waals surface area (Å²) < 4.78 is 15.7. The summed E-state index contributed by atoms with van der Waals surface area (Å²) in [5, 5.41) is 0. The van der Waals surface area contributed by atoms with E-state index >= 15 is 0 Å². The fraction of sp³-hybridized carbons (Fsp3) is 0.474. The molecule has 1 spiro atoms. The summed E-state index contributed by atoms with van der Waals surface area (Å²) in [4.78, 5) is 25.8. The normalized spacial score (nSPS) is 25.4. The van der Waals surface area contributed by atoms with Gasteiger partial charge in [-0.15, -0.1) is 0 Å². The maximum Gasteiger partial charge on any atom is 0.420 e. The average Bonchev–Trinajstić information content (AvgIpc) is 3.10. The van der Waals surface area contributed by atoms with Crippen molar-refractivity contribution >= 4 is 12.2 Å². The molecular weight excluding hydrogens is 322 g/mol. The van der Waals surface area contributed by atoms with E-state index in [1.165, 1.54) is 0 Å². The number of amides is 2.